The minimum atomic E-state index is 0.109. The predicted octanol–water partition coefficient (Wildman–Crippen LogP) is 0.916. The van der Waals surface area contributed by atoms with E-state index in [1.165, 1.54) is 19.4 Å². The second kappa shape index (κ2) is 4.56. The minimum Gasteiger partial charge on any atom is -0.397 e. The van der Waals surface area contributed by atoms with Gasteiger partial charge in [0.2, 0.25) is 0 Å². The van der Waals surface area contributed by atoms with Crippen LogP contribution in [0, 0.1) is 0 Å². The van der Waals surface area contributed by atoms with Crippen molar-refractivity contribution in [3.8, 4) is 0 Å². The molecule has 0 bridgehead atoms. The second-order valence-electron chi connectivity index (χ2n) is 5.87. The first kappa shape index (κ1) is 12.5. The van der Waals surface area contributed by atoms with Crippen LogP contribution in [-0.4, -0.2) is 52.0 Å². The first-order valence-electron chi connectivity index (χ1n) is 7.03. The fourth-order valence-corrected chi connectivity index (χ4v) is 3.42. The van der Waals surface area contributed by atoms with Crippen LogP contribution in [0.1, 0.15) is 30.3 Å². The first-order valence-corrected chi connectivity index (χ1v) is 7.03. The molecule has 0 spiro atoms. The molecule has 5 nitrogen and oxygen atoms in total. The molecular weight excluding hydrogens is 240 g/mol. The van der Waals surface area contributed by atoms with E-state index in [4.69, 9.17) is 5.73 Å². The van der Waals surface area contributed by atoms with Gasteiger partial charge in [-0.2, -0.15) is 0 Å². The van der Waals surface area contributed by atoms with Crippen molar-refractivity contribution in [2.45, 2.75) is 31.8 Å². The second-order valence-corrected chi connectivity index (χ2v) is 5.87. The molecule has 0 radical (unpaired) electrons. The Morgan fingerprint density at radius 1 is 1.42 bits per heavy atom. The molecule has 104 valence electrons. The molecule has 19 heavy (non-hydrogen) atoms. The Balaban J connectivity index is 1.81. The molecule has 2 N–H and O–H groups in total. The van der Waals surface area contributed by atoms with Crippen LogP contribution < -0.4 is 5.73 Å². The van der Waals surface area contributed by atoms with Crippen molar-refractivity contribution >= 4 is 11.6 Å². The first-order chi connectivity index (χ1) is 9.06. The topological polar surface area (TPSA) is 54.5 Å². The Morgan fingerprint density at radius 2 is 2.21 bits per heavy atom. The van der Waals surface area contributed by atoms with Gasteiger partial charge in [0.25, 0.3) is 5.91 Å². The van der Waals surface area contributed by atoms with Crippen LogP contribution >= 0.6 is 0 Å². The summed E-state index contributed by atoms with van der Waals surface area (Å²) >= 11 is 0. The molecule has 5 heteroatoms. The normalized spacial score (nSPS) is 27.6. The average molecular weight is 262 g/mol. The fraction of sp³-hybridized carbons (Fsp3) is 0.643. The van der Waals surface area contributed by atoms with Crippen molar-refractivity contribution in [2.75, 3.05) is 25.4 Å². The summed E-state index contributed by atoms with van der Waals surface area (Å²) in [6, 6.07) is 2.60. The lowest BCUT2D eigenvalue weighted by atomic mass is 10.1. The number of rotatable bonds is 1. The molecule has 3 heterocycles. The lowest BCUT2D eigenvalue weighted by molar-refractivity contribution is 0.0387. The van der Waals surface area contributed by atoms with E-state index in [0.29, 0.717) is 17.4 Å². The van der Waals surface area contributed by atoms with Gasteiger partial charge in [0.05, 0.1) is 5.69 Å². The molecule has 2 atom stereocenters. The quantitative estimate of drug-likeness (QED) is 0.818. The number of aryl methyl sites for hydroxylation is 1. The molecule has 0 aliphatic carbocycles. The molecular formula is C14H22N4O. The number of piperazine rings is 1. The molecule has 0 aromatic carbocycles. The summed E-state index contributed by atoms with van der Waals surface area (Å²) in [6.07, 6.45) is 4.27. The summed E-state index contributed by atoms with van der Waals surface area (Å²) in [6.45, 7) is 5.17. The van der Waals surface area contributed by atoms with Gasteiger partial charge in [-0.15, -0.1) is 0 Å². The number of nitrogens with zero attached hydrogens (tertiary/aromatic N) is 3. The van der Waals surface area contributed by atoms with Gasteiger partial charge < -0.3 is 15.2 Å². The maximum Gasteiger partial charge on any atom is 0.270 e. The maximum atomic E-state index is 12.7. The van der Waals surface area contributed by atoms with Gasteiger partial charge in [0, 0.05) is 38.4 Å². The van der Waals surface area contributed by atoms with Crippen molar-refractivity contribution in [1.82, 2.24) is 14.4 Å². The Labute approximate surface area is 114 Å². The zero-order valence-corrected chi connectivity index (χ0v) is 11.7. The summed E-state index contributed by atoms with van der Waals surface area (Å²) in [7, 11) is 1.88. The van der Waals surface area contributed by atoms with Gasteiger partial charge in [-0.05, 0) is 32.4 Å². The molecule has 2 saturated heterocycles. The Morgan fingerprint density at radius 3 is 2.89 bits per heavy atom. The van der Waals surface area contributed by atoms with Crippen LogP contribution in [-0.2, 0) is 7.05 Å². The number of nitrogen functional groups attached to an aromatic ring is 1. The molecule has 3 rings (SSSR count). The van der Waals surface area contributed by atoms with Crippen LogP contribution in [0.5, 0.6) is 0 Å². The smallest absolute Gasteiger partial charge is 0.270 e. The minimum absolute atomic E-state index is 0.109. The van der Waals surface area contributed by atoms with Crippen molar-refractivity contribution in [3.05, 3.63) is 18.0 Å². The number of aromatic nitrogens is 1. The molecule has 0 saturated carbocycles. The SMILES string of the molecule is CC1CN2CCCC2CN1C(=O)c1cc(N)cn1C. The average Bonchev–Trinajstić information content (AvgIpc) is 2.93. The number of amides is 1. The van der Waals surface area contributed by atoms with Gasteiger partial charge >= 0.3 is 0 Å². The van der Waals surface area contributed by atoms with Gasteiger partial charge in [-0.25, -0.2) is 0 Å². The lowest BCUT2D eigenvalue weighted by Crippen LogP contribution is -2.56. The van der Waals surface area contributed by atoms with Crippen molar-refractivity contribution in [3.63, 3.8) is 0 Å². The lowest BCUT2D eigenvalue weighted by Gasteiger charge is -2.42. The standard InChI is InChI=1S/C14H22N4O/c1-10-7-17-5-3-4-12(17)9-18(10)14(19)13-6-11(15)8-16(13)2/h6,8,10,12H,3-5,7,9,15H2,1-2H3. The molecule has 1 aromatic heterocycles. The van der Waals surface area contributed by atoms with Crippen molar-refractivity contribution in [1.29, 1.82) is 0 Å². The molecule has 2 unspecified atom stereocenters. The zero-order chi connectivity index (χ0) is 13.6. The summed E-state index contributed by atoms with van der Waals surface area (Å²) in [4.78, 5) is 17.2. The van der Waals surface area contributed by atoms with E-state index in [2.05, 4.69) is 11.8 Å². The van der Waals surface area contributed by atoms with Crippen LogP contribution in [0.25, 0.3) is 0 Å². The monoisotopic (exact) mass is 262 g/mol. The number of anilines is 1. The molecule has 2 aliphatic heterocycles. The van der Waals surface area contributed by atoms with Crippen LogP contribution in [0.2, 0.25) is 0 Å². The van der Waals surface area contributed by atoms with E-state index in [9.17, 15) is 4.79 Å². The van der Waals surface area contributed by atoms with E-state index in [1.807, 2.05) is 16.5 Å². The number of carbonyl (C=O) groups is 1. The number of hydrogen-bond acceptors (Lipinski definition) is 3. The van der Waals surface area contributed by atoms with Crippen LogP contribution in [0.3, 0.4) is 0 Å². The third-order valence-electron chi connectivity index (χ3n) is 4.44. The molecule has 1 aromatic rings. The number of carbonyl (C=O) groups excluding carboxylic acids is 1. The van der Waals surface area contributed by atoms with E-state index < -0.39 is 0 Å². The highest BCUT2D eigenvalue weighted by Gasteiger charge is 2.37. The zero-order valence-electron chi connectivity index (χ0n) is 11.7. The number of fused-ring (bicyclic) bond motifs is 1. The Bertz CT molecular complexity index is 496. The van der Waals surface area contributed by atoms with E-state index >= 15 is 0 Å². The summed E-state index contributed by atoms with van der Waals surface area (Å²) in [5.41, 5.74) is 7.11. The van der Waals surface area contributed by atoms with Gasteiger partial charge in [0.15, 0.2) is 0 Å². The highest BCUT2D eigenvalue weighted by molar-refractivity contribution is 5.94. The van der Waals surface area contributed by atoms with Gasteiger partial charge in [-0.3, -0.25) is 9.69 Å². The fourth-order valence-electron chi connectivity index (χ4n) is 3.42. The maximum absolute atomic E-state index is 12.7. The van der Waals surface area contributed by atoms with E-state index in [1.54, 1.807) is 12.3 Å². The van der Waals surface area contributed by atoms with Crippen LogP contribution in [0.15, 0.2) is 12.3 Å². The highest BCUT2D eigenvalue weighted by atomic mass is 16.2. The third kappa shape index (κ3) is 2.12. The van der Waals surface area contributed by atoms with E-state index in [-0.39, 0.29) is 11.9 Å². The molecule has 2 aliphatic rings. The largest absolute Gasteiger partial charge is 0.397 e. The van der Waals surface area contributed by atoms with Crippen molar-refractivity contribution < 1.29 is 4.79 Å². The Hall–Kier alpha value is -1.49. The number of hydrogen-bond donors (Lipinski definition) is 1. The molecule has 2 fully saturated rings. The van der Waals surface area contributed by atoms with Crippen LogP contribution in [0.4, 0.5) is 5.69 Å². The van der Waals surface area contributed by atoms with Gasteiger partial charge in [0.1, 0.15) is 5.69 Å². The van der Waals surface area contributed by atoms with Gasteiger partial charge in [-0.1, -0.05) is 0 Å². The van der Waals surface area contributed by atoms with Crippen molar-refractivity contribution in [2.24, 2.45) is 7.05 Å². The Kier molecular flexibility index (Phi) is 3.01. The molecule has 1 amide bonds. The summed E-state index contributed by atoms with van der Waals surface area (Å²) in [5, 5.41) is 0. The summed E-state index contributed by atoms with van der Waals surface area (Å²) in [5.74, 6) is 0.109. The third-order valence-corrected chi connectivity index (χ3v) is 4.44. The van der Waals surface area contributed by atoms with E-state index in [0.717, 1.165) is 13.1 Å². The summed E-state index contributed by atoms with van der Waals surface area (Å²) < 4.78 is 1.82. The number of nitrogens with two attached hydrogens (primary N) is 1. The predicted molar refractivity (Wildman–Crippen MR) is 74.9 cm³/mol. The highest BCUT2D eigenvalue weighted by Crippen LogP contribution is 2.26.